The highest BCUT2D eigenvalue weighted by molar-refractivity contribution is 6.06. The van der Waals surface area contributed by atoms with E-state index in [0.29, 0.717) is 30.6 Å². The third-order valence-electron chi connectivity index (χ3n) is 7.47. The smallest absolute Gasteiger partial charge is 0.257 e. The van der Waals surface area contributed by atoms with Gasteiger partial charge < -0.3 is 15.1 Å². The number of fused-ring (bicyclic) bond motifs is 1. The van der Waals surface area contributed by atoms with Crippen molar-refractivity contribution in [3.63, 3.8) is 0 Å². The highest BCUT2D eigenvalue weighted by atomic mass is 16.2. The maximum atomic E-state index is 13.7. The third-order valence-corrected chi connectivity index (χ3v) is 7.47. The van der Waals surface area contributed by atoms with Crippen LogP contribution in [0.2, 0.25) is 0 Å². The zero-order chi connectivity index (χ0) is 23.5. The fraction of sp³-hybridized carbons (Fsp3) is 0.538. The summed E-state index contributed by atoms with van der Waals surface area (Å²) in [6.07, 6.45) is 11.8. The molecule has 8 nitrogen and oxygen atoms in total. The van der Waals surface area contributed by atoms with Crippen LogP contribution in [0.15, 0.2) is 36.8 Å². The van der Waals surface area contributed by atoms with Crippen LogP contribution in [0.25, 0.3) is 11.0 Å². The van der Waals surface area contributed by atoms with Gasteiger partial charge in [-0.25, -0.2) is 14.6 Å². The minimum atomic E-state index is 0.0395. The molecule has 0 radical (unpaired) electrons. The molecule has 1 saturated carbocycles. The number of nitrogens with zero attached hydrogens (tertiary/aromatic N) is 6. The van der Waals surface area contributed by atoms with E-state index in [1.165, 1.54) is 32.1 Å². The lowest BCUT2D eigenvalue weighted by atomic mass is 9.84. The van der Waals surface area contributed by atoms with Crippen LogP contribution in [0.3, 0.4) is 0 Å². The minimum absolute atomic E-state index is 0.0395. The van der Waals surface area contributed by atoms with E-state index < -0.39 is 0 Å². The van der Waals surface area contributed by atoms with E-state index in [4.69, 9.17) is 0 Å². The quantitative estimate of drug-likeness (QED) is 0.593. The molecule has 1 aliphatic carbocycles. The standard InChI is InChI=1S/C26H35N7O/c1-3-33-25-21(18-29-33)24(30-19(2)20-9-5-4-6-10-20)22(17-28-25)26(34)32-15-13-31(14-16-32)23-11-7-8-12-27-23/h7-8,11-12,17-20H,3-6,9-10,13-16H2,1-2H3,(H,28,30). The summed E-state index contributed by atoms with van der Waals surface area (Å²) in [5, 5.41) is 9.21. The molecule has 1 unspecified atom stereocenters. The number of hydrogen-bond donors (Lipinski definition) is 1. The Morgan fingerprint density at radius 2 is 1.88 bits per heavy atom. The van der Waals surface area contributed by atoms with Gasteiger partial charge in [-0.05, 0) is 44.7 Å². The summed E-state index contributed by atoms with van der Waals surface area (Å²) in [6.45, 7) is 7.94. The van der Waals surface area contributed by atoms with Crippen LogP contribution in [0.1, 0.15) is 56.3 Å². The van der Waals surface area contributed by atoms with Crippen molar-refractivity contribution in [2.45, 2.75) is 58.5 Å². The van der Waals surface area contributed by atoms with E-state index in [1.54, 1.807) is 6.20 Å². The van der Waals surface area contributed by atoms with Gasteiger partial charge in [-0.15, -0.1) is 0 Å². The monoisotopic (exact) mass is 461 g/mol. The van der Waals surface area contributed by atoms with Gasteiger partial charge >= 0.3 is 0 Å². The molecule has 180 valence electrons. The molecule has 1 atom stereocenters. The second-order valence-electron chi connectivity index (χ2n) is 9.54. The van der Waals surface area contributed by atoms with E-state index >= 15 is 0 Å². The lowest BCUT2D eigenvalue weighted by molar-refractivity contribution is 0.0747. The molecule has 4 heterocycles. The zero-order valence-electron chi connectivity index (χ0n) is 20.3. The van der Waals surface area contributed by atoms with E-state index in [-0.39, 0.29) is 5.91 Å². The van der Waals surface area contributed by atoms with Gasteiger partial charge in [0.2, 0.25) is 0 Å². The Balaban J connectivity index is 1.39. The Labute approximate surface area is 201 Å². The van der Waals surface area contributed by atoms with Gasteiger partial charge in [-0.1, -0.05) is 25.3 Å². The van der Waals surface area contributed by atoms with Crippen LogP contribution in [0, 0.1) is 5.92 Å². The SMILES string of the molecule is CCn1ncc2c(NC(C)C3CCCCC3)c(C(=O)N3CCN(c4ccccn4)CC3)cnc21. The van der Waals surface area contributed by atoms with Gasteiger partial charge in [0.05, 0.1) is 22.8 Å². The summed E-state index contributed by atoms with van der Waals surface area (Å²) < 4.78 is 1.89. The number of anilines is 2. The highest BCUT2D eigenvalue weighted by Crippen LogP contribution is 2.32. The van der Waals surface area contributed by atoms with Crippen LogP contribution in [-0.2, 0) is 6.54 Å². The molecule has 0 spiro atoms. The Bertz CT molecular complexity index is 1110. The lowest BCUT2D eigenvalue weighted by Crippen LogP contribution is -2.49. The first kappa shape index (κ1) is 22.6. The molecule has 3 aromatic rings. The summed E-state index contributed by atoms with van der Waals surface area (Å²) in [4.78, 5) is 27.0. The maximum Gasteiger partial charge on any atom is 0.257 e. The molecule has 1 N–H and O–H groups in total. The lowest BCUT2D eigenvalue weighted by Gasteiger charge is -2.36. The second-order valence-corrected chi connectivity index (χ2v) is 9.54. The summed E-state index contributed by atoms with van der Waals surface area (Å²) in [6, 6.07) is 6.25. The number of carbonyl (C=O) groups is 1. The average molecular weight is 462 g/mol. The predicted molar refractivity (Wildman–Crippen MR) is 135 cm³/mol. The first-order valence-electron chi connectivity index (χ1n) is 12.7. The van der Waals surface area contributed by atoms with Crippen molar-refractivity contribution < 1.29 is 4.79 Å². The maximum absolute atomic E-state index is 13.7. The van der Waals surface area contributed by atoms with Gasteiger partial charge in [0.1, 0.15) is 5.82 Å². The number of aromatic nitrogens is 4. The normalized spacial score (nSPS) is 18.3. The molecule has 0 aromatic carbocycles. The molecule has 2 fully saturated rings. The molecule has 1 amide bonds. The predicted octanol–water partition coefficient (Wildman–Crippen LogP) is 4.19. The fourth-order valence-electron chi connectivity index (χ4n) is 5.41. The van der Waals surface area contributed by atoms with E-state index in [0.717, 1.165) is 42.2 Å². The number of nitrogens with one attached hydrogen (secondary N) is 1. The summed E-state index contributed by atoms with van der Waals surface area (Å²) in [7, 11) is 0. The Morgan fingerprint density at radius 1 is 1.09 bits per heavy atom. The Kier molecular flexibility index (Phi) is 6.65. The largest absolute Gasteiger partial charge is 0.381 e. The van der Waals surface area contributed by atoms with Crippen molar-refractivity contribution in [1.29, 1.82) is 0 Å². The van der Waals surface area contributed by atoms with E-state index in [1.807, 2.05) is 40.2 Å². The van der Waals surface area contributed by atoms with Crippen molar-refractivity contribution in [3.05, 3.63) is 42.4 Å². The van der Waals surface area contributed by atoms with Gasteiger partial charge in [-0.3, -0.25) is 4.79 Å². The van der Waals surface area contributed by atoms with Gasteiger partial charge in [0.25, 0.3) is 5.91 Å². The average Bonchev–Trinajstić information content (AvgIpc) is 3.33. The third kappa shape index (κ3) is 4.45. The molecule has 8 heteroatoms. The summed E-state index contributed by atoms with van der Waals surface area (Å²) >= 11 is 0. The van der Waals surface area contributed by atoms with Crippen molar-refractivity contribution in [3.8, 4) is 0 Å². The zero-order valence-corrected chi connectivity index (χ0v) is 20.3. The fourth-order valence-corrected chi connectivity index (χ4v) is 5.41. The first-order chi connectivity index (χ1) is 16.7. The Hall–Kier alpha value is -3.16. The van der Waals surface area contributed by atoms with Crippen molar-refractivity contribution in [1.82, 2.24) is 24.6 Å². The van der Waals surface area contributed by atoms with Crippen LogP contribution >= 0.6 is 0 Å². The van der Waals surface area contributed by atoms with E-state index in [9.17, 15) is 4.79 Å². The van der Waals surface area contributed by atoms with E-state index in [2.05, 4.69) is 39.1 Å². The number of rotatable bonds is 6. The van der Waals surface area contributed by atoms with Gasteiger partial charge in [0.15, 0.2) is 5.65 Å². The summed E-state index contributed by atoms with van der Waals surface area (Å²) in [5.74, 6) is 1.63. The van der Waals surface area contributed by atoms with Crippen LogP contribution in [-0.4, -0.2) is 62.8 Å². The van der Waals surface area contributed by atoms with Crippen molar-refractivity contribution in [2.75, 3.05) is 36.4 Å². The molecule has 0 bridgehead atoms. The Morgan fingerprint density at radius 3 is 2.59 bits per heavy atom. The number of hydrogen-bond acceptors (Lipinski definition) is 6. The van der Waals surface area contributed by atoms with Crippen LogP contribution < -0.4 is 10.2 Å². The molecule has 5 rings (SSSR count). The van der Waals surface area contributed by atoms with Crippen LogP contribution in [0.5, 0.6) is 0 Å². The number of amides is 1. The van der Waals surface area contributed by atoms with Crippen molar-refractivity contribution >= 4 is 28.4 Å². The van der Waals surface area contributed by atoms with Gasteiger partial charge in [-0.2, -0.15) is 5.10 Å². The molecular formula is C26H35N7O. The summed E-state index contributed by atoms with van der Waals surface area (Å²) in [5.41, 5.74) is 2.37. The molecule has 34 heavy (non-hydrogen) atoms. The van der Waals surface area contributed by atoms with Crippen molar-refractivity contribution in [2.24, 2.45) is 5.92 Å². The first-order valence-corrected chi connectivity index (χ1v) is 12.7. The number of piperazine rings is 1. The molecule has 1 aliphatic heterocycles. The highest BCUT2D eigenvalue weighted by Gasteiger charge is 2.28. The molecular weight excluding hydrogens is 426 g/mol. The molecule has 2 aliphatic rings. The van der Waals surface area contributed by atoms with Crippen LogP contribution in [0.4, 0.5) is 11.5 Å². The second kappa shape index (κ2) is 9.99. The molecule has 1 saturated heterocycles. The number of pyridine rings is 2. The minimum Gasteiger partial charge on any atom is -0.381 e. The topological polar surface area (TPSA) is 79.2 Å². The van der Waals surface area contributed by atoms with Gasteiger partial charge in [0, 0.05) is 51.2 Å². The number of aryl methyl sites for hydroxylation is 1. The number of carbonyl (C=O) groups excluding carboxylic acids is 1. The molecule has 3 aromatic heterocycles.